The molecule has 1 nitrogen and oxygen atoms in total. The second kappa shape index (κ2) is 5.19. The second-order valence-corrected chi connectivity index (χ2v) is 5.71. The lowest BCUT2D eigenvalue weighted by Gasteiger charge is -2.40. The van der Waals surface area contributed by atoms with Crippen LogP contribution in [0.2, 0.25) is 0 Å². The summed E-state index contributed by atoms with van der Waals surface area (Å²) in [5, 5.41) is 3.38. The predicted molar refractivity (Wildman–Crippen MR) is 68.2 cm³/mol. The van der Waals surface area contributed by atoms with E-state index < -0.39 is 0 Å². The Hall–Kier alpha value is -0.540. The van der Waals surface area contributed by atoms with Crippen LogP contribution in [0.3, 0.4) is 0 Å². The highest BCUT2D eigenvalue weighted by Gasteiger charge is 2.35. The molecule has 1 fully saturated rings. The molecule has 1 aromatic carbocycles. The molecule has 0 atom stereocenters. The molecule has 1 N–H and O–H groups in total. The number of hydrogen-bond donors (Lipinski definition) is 1. The molecule has 0 aliphatic heterocycles. The van der Waals surface area contributed by atoms with Crippen LogP contribution in [0, 0.1) is 5.82 Å². The van der Waals surface area contributed by atoms with Crippen LogP contribution >= 0.6 is 11.8 Å². The normalized spacial score (nSPS) is 18.1. The molecule has 16 heavy (non-hydrogen) atoms. The lowest BCUT2D eigenvalue weighted by atomic mass is 9.84. The summed E-state index contributed by atoms with van der Waals surface area (Å²) in [6.07, 6.45) is 6.09. The van der Waals surface area contributed by atoms with Gasteiger partial charge in [-0.15, -0.1) is 0 Å². The molecule has 0 bridgehead atoms. The highest BCUT2D eigenvalue weighted by Crippen LogP contribution is 2.42. The average molecular weight is 239 g/mol. The lowest BCUT2D eigenvalue weighted by Crippen LogP contribution is -2.43. The van der Waals surface area contributed by atoms with Crippen molar-refractivity contribution in [2.24, 2.45) is 0 Å². The van der Waals surface area contributed by atoms with Crippen molar-refractivity contribution in [1.29, 1.82) is 0 Å². The number of rotatable bonds is 5. The van der Waals surface area contributed by atoms with Crippen molar-refractivity contribution < 1.29 is 4.39 Å². The molecule has 0 heterocycles. The molecule has 88 valence electrons. The van der Waals surface area contributed by atoms with Gasteiger partial charge >= 0.3 is 0 Å². The van der Waals surface area contributed by atoms with Crippen molar-refractivity contribution in [3.63, 3.8) is 0 Å². The summed E-state index contributed by atoms with van der Waals surface area (Å²) in [6.45, 7) is 1.62. The molecule has 1 aliphatic carbocycles. The van der Waals surface area contributed by atoms with Crippen LogP contribution in [0.5, 0.6) is 0 Å². The SMILES string of the molecule is CSC1(CNCc2ccccc2F)CCC1. The standard InChI is InChI=1S/C13H18FNS/c1-16-13(7-4-8-13)10-15-9-11-5-2-3-6-12(11)14/h2-3,5-6,15H,4,7-10H2,1H3. The summed E-state index contributed by atoms with van der Waals surface area (Å²) < 4.78 is 13.8. The van der Waals surface area contributed by atoms with E-state index in [-0.39, 0.29) is 5.82 Å². The first kappa shape index (κ1) is 11.9. The number of hydrogen-bond acceptors (Lipinski definition) is 2. The van der Waals surface area contributed by atoms with Crippen molar-refractivity contribution in [2.45, 2.75) is 30.6 Å². The van der Waals surface area contributed by atoms with Gasteiger partial charge in [0.2, 0.25) is 0 Å². The number of benzene rings is 1. The van der Waals surface area contributed by atoms with Crippen molar-refractivity contribution in [3.8, 4) is 0 Å². The molecule has 1 aliphatic rings. The summed E-state index contributed by atoms with van der Waals surface area (Å²) in [5.74, 6) is -0.109. The van der Waals surface area contributed by atoms with E-state index in [1.54, 1.807) is 6.07 Å². The first-order chi connectivity index (χ1) is 7.76. The zero-order chi connectivity index (χ0) is 11.4. The van der Waals surface area contributed by atoms with Crippen molar-refractivity contribution in [2.75, 3.05) is 12.8 Å². The molecule has 0 spiro atoms. The maximum Gasteiger partial charge on any atom is 0.127 e. The van der Waals surface area contributed by atoms with E-state index in [4.69, 9.17) is 0 Å². The highest BCUT2D eigenvalue weighted by molar-refractivity contribution is 8.00. The topological polar surface area (TPSA) is 12.0 Å². The monoisotopic (exact) mass is 239 g/mol. The van der Waals surface area contributed by atoms with Gasteiger partial charge in [-0.25, -0.2) is 4.39 Å². The molecule has 0 unspecified atom stereocenters. The van der Waals surface area contributed by atoms with Gasteiger partial charge in [0.15, 0.2) is 0 Å². The number of halogens is 1. The van der Waals surface area contributed by atoms with E-state index in [0.717, 1.165) is 12.1 Å². The molecule has 3 heteroatoms. The minimum absolute atomic E-state index is 0.109. The first-order valence-corrected chi connectivity index (χ1v) is 6.97. The van der Waals surface area contributed by atoms with Crippen LogP contribution in [0.25, 0.3) is 0 Å². The minimum atomic E-state index is -0.109. The van der Waals surface area contributed by atoms with Gasteiger partial charge in [0.25, 0.3) is 0 Å². The Morgan fingerprint density at radius 2 is 2.12 bits per heavy atom. The van der Waals surface area contributed by atoms with Gasteiger partial charge < -0.3 is 5.32 Å². The zero-order valence-corrected chi connectivity index (χ0v) is 10.4. The molecule has 0 amide bonds. The van der Waals surface area contributed by atoms with Crippen molar-refractivity contribution in [3.05, 3.63) is 35.6 Å². The van der Waals surface area contributed by atoms with Crippen LogP contribution < -0.4 is 5.32 Å². The molecule has 0 saturated heterocycles. The molecular formula is C13H18FNS. The number of thioether (sulfide) groups is 1. The largest absolute Gasteiger partial charge is 0.311 e. The van der Waals surface area contributed by atoms with E-state index >= 15 is 0 Å². The van der Waals surface area contributed by atoms with Crippen LogP contribution in [-0.2, 0) is 6.54 Å². The smallest absolute Gasteiger partial charge is 0.127 e. The third kappa shape index (κ3) is 2.58. The van der Waals surface area contributed by atoms with Crippen LogP contribution in [0.1, 0.15) is 24.8 Å². The van der Waals surface area contributed by atoms with Gasteiger partial charge in [0.05, 0.1) is 0 Å². The molecule has 1 saturated carbocycles. The van der Waals surface area contributed by atoms with Crippen molar-refractivity contribution in [1.82, 2.24) is 5.32 Å². The van der Waals surface area contributed by atoms with Gasteiger partial charge in [-0.1, -0.05) is 24.6 Å². The van der Waals surface area contributed by atoms with Gasteiger partial charge in [0.1, 0.15) is 5.82 Å². The zero-order valence-electron chi connectivity index (χ0n) is 9.63. The molecule has 2 rings (SSSR count). The third-order valence-corrected chi connectivity index (χ3v) is 4.84. The van der Waals surface area contributed by atoms with Crippen LogP contribution in [-0.4, -0.2) is 17.5 Å². The fourth-order valence-corrected chi connectivity index (χ4v) is 3.03. The quantitative estimate of drug-likeness (QED) is 0.847. The molecule has 1 aromatic rings. The molecule has 0 radical (unpaired) electrons. The van der Waals surface area contributed by atoms with Crippen LogP contribution in [0.15, 0.2) is 24.3 Å². The van der Waals surface area contributed by atoms with Crippen LogP contribution in [0.4, 0.5) is 4.39 Å². The maximum atomic E-state index is 13.3. The maximum absolute atomic E-state index is 13.3. The Bertz CT molecular complexity index is 344. The second-order valence-electron chi connectivity index (χ2n) is 4.44. The minimum Gasteiger partial charge on any atom is -0.311 e. The number of nitrogens with one attached hydrogen (secondary N) is 1. The van der Waals surface area contributed by atoms with Gasteiger partial charge in [-0.3, -0.25) is 0 Å². The van der Waals surface area contributed by atoms with E-state index in [1.807, 2.05) is 23.9 Å². The Morgan fingerprint density at radius 3 is 2.69 bits per heavy atom. The Balaban J connectivity index is 1.82. The van der Waals surface area contributed by atoms with Gasteiger partial charge in [0, 0.05) is 23.4 Å². The van der Waals surface area contributed by atoms with Crippen molar-refractivity contribution >= 4 is 11.8 Å². The summed E-state index contributed by atoms with van der Waals surface area (Å²) in [7, 11) is 0. The van der Waals surface area contributed by atoms with Gasteiger partial charge in [-0.05, 0) is 25.2 Å². The van der Waals surface area contributed by atoms with E-state index in [9.17, 15) is 4.39 Å². The summed E-state index contributed by atoms with van der Waals surface area (Å²) in [6, 6.07) is 6.97. The molecule has 0 aromatic heterocycles. The predicted octanol–water partition coefficient (Wildman–Crippen LogP) is 3.20. The van der Waals surface area contributed by atoms with E-state index in [0.29, 0.717) is 11.3 Å². The Labute approximate surface area is 101 Å². The summed E-state index contributed by atoms with van der Waals surface area (Å²) >= 11 is 1.94. The van der Waals surface area contributed by atoms with Gasteiger partial charge in [-0.2, -0.15) is 11.8 Å². The summed E-state index contributed by atoms with van der Waals surface area (Å²) in [4.78, 5) is 0. The fraction of sp³-hybridized carbons (Fsp3) is 0.538. The van der Waals surface area contributed by atoms with E-state index in [1.165, 1.54) is 25.3 Å². The Kier molecular flexibility index (Phi) is 3.87. The lowest BCUT2D eigenvalue weighted by molar-refractivity contribution is 0.344. The third-order valence-electron chi connectivity index (χ3n) is 3.42. The Morgan fingerprint density at radius 1 is 1.38 bits per heavy atom. The fourth-order valence-electron chi connectivity index (χ4n) is 2.09. The average Bonchev–Trinajstić information content (AvgIpc) is 2.25. The highest BCUT2D eigenvalue weighted by atomic mass is 32.2. The first-order valence-electron chi connectivity index (χ1n) is 5.75. The summed E-state index contributed by atoms with van der Waals surface area (Å²) in [5.41, 5.74) is 0.762. The molecular weight excluding hydrogens is 221 g/mol. The van der Waals surface area contributed by atoms with E-state index in [2.05, 4.69) is 11.6 Å².